The standard InChI is InChI=1S/C9H11NO4/c11-5-9(14)10-4-6-1-2-7(12)8(13)3-6/h1-3,11-13H,4-5H2,(H,10,14). The first kappa shape index (κ1) is 10.3. The Hall–Kier alpha value is -1.75. The number of carbonyl (C=O) groups is 1. The van der Waals surface area contributed by atoms with E-state index in [9.17, 15) is 4.79 Å². The third-order valence-electron chi connectivity index (χ3n) is 1.67. The molecule has 0 saturated carbocycles. The molecule has 0 aliphatic heterocycles. The van der Waals surface area contributed by atoms with Gasteiger partial charge in [0.25, 0.3) is 0 Å². The predicted octanol–water partition coefficient (Wildman–Crippen LogP) is -0.294. The summed E-state index contributed by atoms with van der Waals surface area (Å²) >= 11 is 0. The summed E-state index contributed by atoms with van der Waals surface area (Å²) in [5.74, 6) is -0.930. The van der Waals surface area contributed by atoms with Gasteiger partial charge in [-0.2, -0.15) is 0 Å². The van der Waals surface area contributed by atoms with Crippen molar-refractivity contribution >= 4 is 5.91 Å². The van der Waals surface area contributed by atoms with Gasteiger partial charge in [-0.15, -0.1) is 0 Å². The van der Waals surface area contributed by atoms with E-state index in [1.165, 1.54) is 12.1 Å². The molecule has 0 atom stereocenters. The Bertz CT molecular complexity index is 338. The third kappa shape index (κ3) is 2.63. The normalized spacial score (nSPS) is 9.79. The number of benzene rings is 1. The van der Waals surface area contributed by atoms with Gasteiger partial charge in [0.05, 0.1) is 0 Å². The number of phenolic OH excluding ortho intramolecular Hbond substituents is 2. The Balaban J connectivity index is 2.60. The second-order valence-corrected chi connectivity index (χ2v) is 2.76. The van der Waals surface area contributed by atoms with Gasteiger partial charge in [-0.05, 0) is 17.7 Å². The molecular weight excluding hydrogens is 186 g/mol. The van der Waals surface area contributed by atoms with Crippen molar-refractivity contribution in [2.75, 3.05) is 6.61 Å². The van der Waals surface area contributed by atoms with E-state index >= 15 is 0 Å². The number of phenols is 2. The smallest absolute Gasteiger partial charge is 0.245 e. The van der Waals surface area contributed by atoms with Crippen molar-refractivity contribution in [2.45, 2.75) is 6.54 Å². The van der Waals surface area contributed by atoms with Crippen LogP contribution in [-0.2, 0) is 11.3 Å². The molecule has 0 aliphatic carbocycles. The van der Waals surface area contributed by atoms with Crippen molar-refractivity contribution in [2.24, 2.45) is 0 Å². The van der Waals surface area contributed by atoms with Crippen molar-refractivity contribution in [1.82, 2.24) is 5.32 Å². The molecule has 0 unspecified atom stereocenters. The van der Waals surface area contributed by atoms with Gasteiger partial charge in [-0.1, -0.05) is 6.07 Å². The van der Waals surface area contributed by atoms with E-state index in [0.29, 0.717) is 5.56 Å². The number of aromatic hydroxyl groups is 2. The molecule has 5 nitrogen and oxygen atoms in total. The molecule has 4 N–H and O–H groups in total. The van der Waals surface area contributed by atoms with E-state index in [2.05, 4.69) is 5.32 Å². The van der Waals surface area contributed by atoms with Crippen LogP contribution >= 0.6 is 0 Å². The molecule has 14 heavy (non-hydrogen) atoms. The first-order valence-electron chi connectivity index (χ1n) is 4.02. The summed E-state index contributed by atoms with van der Waals surface area (Å²) in [4.78, 5) is 10.7. The van der Waals surface area contributed by atoms with Gasteiger partial charge in [-0.25, -0.2) is 0 Å². The molecule has 0 radical (unpaired) electrons. The number of hydrogen-bond acceptors (Lipinski definition) is 4. The van der Waals surface area contributed by atoms with Gasteiger partial charge in [0.2, 0.25) is 5.91 Å². The van der Waals surface area contributed by atoms with Crippen LogP contribution in [0.5, 0.6) is 11.5 Å². The van der Waals surface area contributed by atoms with Crippen molar-refractivity contribution in [3.63, 3.8) is 0 Å². The lowest BCUT2D eigenvalue weighted by molar-refractivity contribution is -0.123. The minimum Gasteiger partial charge on any atom is -0.504 e. The molecule has 0 heterocycles. The van der Waals surface area contributed by atoms with Gasteiger partial charge in [0.1, 0.15) is 6.61 Å². The quantitative estimate of drug-likeness (QED) is 0.501. The first-order valence-corrected chi connectivity index (χ1v) is 4.02. The summed E-state index contributed by atoms with van der Waals surface area (Å²) in [7, 11) is 0. The topological polar surface area (TPSA) is 89.8 Å². The maximum atomic E-state index is 10.7. The molecule has 1 aromatic carbocycles. The molecule has 0 spiro atoms. The highest BCUT2D eigenvalue weighted by Crippen LogP contribution is 2.24. The lowest BCUT2D eigenvalue weighted by Crippen LogP contribution is -2.25. The van der Waals surface area contributed by atoms with Gasteiger partial charge < -0.3 is 20.6 Å². The second kappa shape index (κ2) is 4.48. The molecule has 76 valence electrons. The molecule has 1 rings (SSSR count). The minimum atomic E-state index is -0.565. The maximum Gasteiger partial charge on any atom is 0.245 e. The fourth-order valence-electron chi connectivity index (χ4n) is 0.936. The number of hydrogen-bond donors (Lipinski definition) is 4. The molecule has 0 saturated heterocycles. The van der Waals surface area contributed by atoms with Crippen LogP contribution in [-0.4, -0.2) is 27.8 Å². The van der Waals surface area contributed by atoms with E-state index in [1.54, 1.807) is 6.07 Å². The van der Waals surface area contributed by atoms with E-state index in [-0.39, 0.29) is 18.0 Å². The summed E-state index contributed by atoms with van der Waals surface area (Å²) in [5, 5.41) is 28.9. The van der Waals surface area contributed by atoms with Crippen molar-refractivity contribution in [3.05, 3.63) is 23.8 Å². The summed E-state index contributed by atoms with van der Waals surface area (Å²) in [5.41, 5.74) is 0.641. The Morgan fingerprint density at radius 1 is 1.29 bits per heavy atom. The summed E-state index contributed by atoms with van der Waals surface area (Å²) in [6.45, 7) is -0.364. The largest absolute Gasteiger partial charge is 0.504 e. The van der Waals surface area contributed by atoms with Crippen LogP contribution in [0.2, 0.25) is 0 Å². The minimum absolute atomic E-state index is 0.202. The molecule has 5 heteroatoms. The van der Waals surface area contributed by atoms with E-state index in [0.717, 1.165) is 0 Å². The average molecular weight is 197 g/mol. The van der Waals surface area contributed by atoms with Crippen LogP contribution in [0.15, 0.2) is 18.2 Å². The highest BCUT2D eigenvalue weighted by Gasteiger charge is 2.02. The second-order valence-electron chi connectivity index (χ2n) is 2.76. The molecule has 0 bridgehead atoms. The SMILES string of the molecule is O=C(CO)NCc1ccc(O)c(O)c1. The summed E-state index contributed by atoms with van der Waals surface area (Å²) < 4.78 is 0. The van der Waals surface area contributed by atoms with E-state index in [1.807, 2.05) is 0 Å². The lowest BCUT2D eigenvalue weighted by atomic mass is 10.2. The fourth-order valence-corrected chi connectivity index (χ4v) is 0.936. The zero-order chi connectivity index (χ0) is 10.6. The third-order valence-corrected chi connectivity index (χ3v) is 1.67. The zero-order valence-corrected chi connectivity index (χ0v) is 7.40. The van der Waals surface area contributed by atoms with Crippen molar-refractivity contribution in [1.29, 1.82) is 0 Å². The molecule has 1 amide bonds. The number of amides is 1. The van der Waals surface area contributed by atoms with Crippen LogP contribution < -0.4 is 5.32 Å². The summed E-state index contributed by atoms with van der Waals surface area (Å²) in [6.07, 6.45) is 0. The number of nitrogens with one attached hydrogen (secondary N) is 1. The highest BCUT2D eigenvalue weighted by molar-refractivity contribution is 5.76. The monoisotopic (exact) mass is 197 g/mol. The van der Waals surface area contributed by atoms with Crippen LogP contribution in [0.4, 0.5) is 0 Å². The van der Waals surface area contributed by atoms with Gasteiger partial charge >= 0.3 is 0 Å². The fraction of sp³-hybridized carbons (Fsp3) is 0.222. The molecule has 0 fully saturated rings. The molecular formula is C9H11NO4. The van der Waals surface area contributed by atoms with Crippen molar-refractivity contribution in [3.8, 4) is 11.5 Å². The Kier molecular flexibility index (Phi) is 3.30. The number of carbonyl (C=O) groups excluding carboxylic acids is 1. The Morgan fingerprint density at radius 3 is 2.57 bits per heavy atom. The maximum absolute atomic E-state index is 10.7. The summed E-state index contributed by atoms with van der Waals surface area (Å²) in [6, 6.07) is 4.23. The lowest BCUT2D eigenvalue weighted by Gasteiger charge is -2.04. The van der Waals surface area contributed by atoms with Gasteiger partial charge in [-0.3, -0.25) is 4.79 Å². The van der Waals surface area contributed by atoms with Gasteiger partial charge in [0, 0.05) is 6.54 Å². The van der Waals surface area contributed by atoms with E-state index in [4.69, 9.17) is 15.3 Å². The number of aliphatic hydroxyl groups excluding tert-OH is 1. The van der Waals surface area contributed by atoms with Crippen LogP contribution in [0, 0.1) is 0 Å². The number of rotatable bonds is 3. The predicted molar refractivity (Wildman–Crippen MR) is 48.7 cm³/mol. The molecule has 0 aliphatic rings. The molecule has 0 aromatic heterocycles. The van der Waals surface area contributed by atoms with Crippen LogP contribution in [0.1, 0.15) is 5.56 Å². The Labute approximate surface area is 80.6 Å². The zero-order valence-electron chi connectivity index (χ0n) is 7.40. The highest BCUT2D eigenvalue weighted by atomic mass is 16.3. The number of aliphatic hydroxyl groups is 1. The molecule has 1 aromatic rings. The van der Waals surface area contributed by atoms with Crippen molar-refractivity contribution < 1.29 is 20.1 Å². The van der Waals surface area contributed by atoms with E-state index < -0.39 is 12.5 Å². The Morgan fingerprint density at radius 2 is 2.00 bits per heavy atom. The van der Waals surface area contributed by atoms with Crippen LogP contribution in [0.3, 0.4) is 0 Å². The van der Waals surface area contributed by atoms with Crippen LogP contribution in [0.25, 0.3) is 0 Å². The first-order chi connectivity index (χ1) is 6.63. The van der Waals surface area contributed by atoms with Gasteiger partial charge in [0.15, 0.2) is 11.5 Å². The average Bonchev–Trinajstić information content (AvgIpc) is 2.19.